The quantitative estimate of drug-likeness (QED) is 0.618. The molecule has 3 N–H and O–H groups in total. The molecule has 0 aliphatic rings. The first-order chi connectivity index (χ1) is 11.7. The SMILES string of the molecule is O=C(Nc1ccccc1)Nc1ccc(Nc2cccc(Cl)c2)nc1. The van der Waals surface area contributed by atoms with E-state index in [-0.39, 0.29) is 6.03 Å². The van der Waals surface area contributed by atoms with Crippen LogP contribution in [0.25, 0.3) is 0 Å². The zero-order chi connectivity index (χ0) is 16.8. The van der Waals surface area contributed by atoms with Crippen LogP contribution in [0.4, 0.5) is 27.7 Å². The molecule has 0 fully saturated rings. The van der Waals surface area contributed by atoms with Crippen LogP contribution in [0.15, 0.2) is 72.9 Å². The average Bonchev–Trinajstić information content (AvgIpc) is 2.57. The molecule has 1 heterocycles. The largest absolute Gasteiger partial charge is 0.340 e. The van der Waals surface area contributed by atoms with Gasteiger partial charge in [-0.1, -0.05) is 35.9 Å². The van der Waals surface area contributed by atoms with E-state index in [1.807, 2.05) is 48.5 Å². The van der Waals surface area contributed by atoms with Gasteiger partial charge in [-0.3, -0.25) is 0 Å². The fourth-order valence-electron chi connectivity index (χ4n) is 2.07. The number of carbonyl (C=O) groups is 1. The summed E-state index contributed by atoms with van der Waals surface area (Å²) < 4.78 is 0. The minimum atomic E-state index is -0.321. The third-order valence-electron chi connectivity index (χ3n) is 3.15. The second-order valence-corrected chi connectivity index (χ2v) is 5.45. The van der Waals surface area contributed by atoms with E-state index in [4.69, 9.17) is 11.6 Å². The molecular formula is C18H15ClN4O. The van der Waals surface area contributed by atoms with Crippen LogP contribution in [0, 0.1) is 0 Å². The number of carbonyl (C=O) groups excluding carboxylic acids is 1. The van der Waals surface area contributed by atoms with Crippen molar-refractivity contribution in [2.75, 3.05) is 16.0 Å². The molecule has 24 heavy (non-hydrogen) atoms. The summed E-state index contributed by atoms with van der Waals surface area (Å²) in [5, 5.41) is 9.26. The molecule has 0 saturated carbocycles. The first-order valence-corrected chi connectivity index (χ1v) is 7.68. The van der Waals surface area contributed by atoms with Crippen LogP contribution >= 0.6 is 11.6 Å². The fourth-order valence-corrected chi connectivity index (χ4v) is 2.26. The van der Waals surface area contributed by atoms with E-state index >= 15 is 0 Å². The van der Waals surface area contributed by atoms with Crippen molar-refractivity contribution in [3.63, 3.8) is 0 Å². The Labute approximate surface area is 144 Å². The molecule has 3 aromatic rings. The van der Waals surface area contributed by atoms with Gasteiger partial charge in [-0.15, -0.1) is 0 Å². The van der Waals surface area contributed by atoms with Gasteiger partial charge in [-0.2, -0.15) is 0 Å². The van der Waals surface area contributed by atoms with E-state index in [9.17, 15) is 4.79 Å². The zero-order valence-corrected chi connectivity index (χ0v) is 13.4. The number of anilines is 4. The maximum absolute atomic E-state index is 11.9. The number of aromatic nitrogens is 1. The van der Waals surface area contributed by atoms with Crippen LogP contribution in [-0.2, 0) is 0 Å². The Morgan fingerprint density at radius 1 is 0.833 bits per heavy atom. The Balaban J connectivity index is 1.59. The highest BCUT2D eigenvalue weighted by molar-refractivity contribution is 6.30. The number of urea groups is 1. The third-order valence-corrected chi connectivity index (χ3v) is 3.39. The van der Waals surface area contributed by atoms with Gasteiger partial charge in [0.05, 0.1) is 11.9 Å². The van der Waals surface area contributed by atoms with E-state index in [1.54, 1.807) is 24.4 Å². The molecule has 2 amide bonds. The monoisotopic (exact) mass is 338 g/mol. The summed E-state index contributed by atoms with van der Waals surface area (Å²) in [4.78, 5) is 16.2. The Morgan fingerprint density at radius 2 is 1.58 bits per heavy atom. The van der Waals surface area contributed by atoms with Crippen LogP contribution < -0.4 is 16.0 Å². The van der Waals surface area contributed by atoms with Gasteiger partial charge in [0.15, 0.2) is 0 Å². The van der Waals surface area contributed by atoms with Gasteiger partial charge in [-0.25, -0.2) is 9.78 Å². The normalized spacial score (nSPS) is 10.0. The molecule has 0 atom stereocenters. The summed E-state index contributed by atoms with van der Waals surface area (Å²) in [6.07, 6.45) is 1.58. The minimum Gasteiger partial charge on any atom is -0.340 e. The van der Waals surface area contributed by atoms with Crippen molar-refractivity contribution in [1.82, 2.24) is 4.98 Å². The van der Waals surface area contributed by atoms with E-state index in [2.05, 4.69) is 20.9 Å². The first-order valence-electron chi connectivity index (χ1n) is 7.31. The van der Waals surface area contributed by atoms with Crippen molar-refractivity contribution in [3.8, 4) is 0 Å². The van der Waals surface area contributed by atoms with E-state index in [1.165, 1.54) is 0 Å². The first kappa shape index (κ1) is 15.8. The van der Waals surface area contributed by atoms with Crippen molar-refractivity contribution >= 4 is 40.5 Å². The van der Waals surface area contributed by atoms with Crippen molar-refractivity contribution in [3.05, 3.63) is 77.9 Å². The van der Waals surface area contributed by atoms with Crippen LogP contribution in [0.3, 0.4) is 0 Å². The summed E-state index contributed by atoms with van der Waals surface area (Å²) in [6, 6.07) is 19.8. The second-order valence-electron chi connectivity index (χ2n) is 5.01. The lowest BCUT2D eigenvalue weighted by Gasteiger charge is -2.09. The van der Waals surface area contributed by atoms with E-state index in [0.717, 1.165) is 11.4 Å². The van der Waals surface area contributed by atoms with Crippen LogP contribution in [0.2, 0.25) is 5.02 Å². The van der Waals surface area contributed by atoms with Crippen molar-refractivity contribution in [1.29, 1.82) is 0 Å². The van der Waals surface area contributed by atoms with Gasteiger partial charge in [0.1, 0.15) is 5.82 Å². The van der Waals surface area contributed by atoms with E-state index < -0.39 is 0 Å². The van der Waals surface area contributed by atoms with Gasteiger partial charge < -0.3 is 16.0 Å². The molecule has 0 unspecified atom stereocenters. The lowest BCUT2D eigenvalue weighted by molar-refractivity contribution is 0.262. The maximum atomic E-state index is 11.9. The molecule has 0 bridgehead atoms. The molecule has 0 radical (unpaired) electrons. The van der Waals surface area contributed by atoms with E-state index in [0.29, 0.717) is 16.5 Å². The molecular weight excluding hydrogens is 324 g/mol. The number of amides is 2. The minimum absolute atomic E-state index is 0.321. The van der Waals surface area contributed by atoms with Gasteiger partial charge in [0.25, 0.3) is 0 Å². The number of nitrogens with zero attached hydrogens (tertiary/aromatic N) is 1. The number of halogens is 1. The number of hydrogen-bond acceptors (Lipinski definition) is 3. The summed E-state index contributed by atoms with van der Waals surface area (Å²) >= 11 is 5.95. The number of rotatable bonds is 4. The Kier molecular flexibility index (Phi) is 4.93. The molecule has 0 spiro atoms. The lowest BCUT2D eigenvalue weighted by atomic mass is 10.3. The lowest BCUT2D eigenvalue weighted by Crippen LogP contribution is -2.19. The van der Waals surface area contributed by atoms with Crippen LogP contribution in [0.5, 0.6) is 0 Å². The van der Waals surface area contributed by atoms with Gasteiger partial charge in [0.2, 0.25) is 0 Å². The Bertz CT molecular complexity index is 822. The number of hydrogen-bond donors (Lipinski definition) is 3. The zero-order valence-electron chi connectivity index (χ0n) is 12.7. The molecule has 3 rings (SSSR count). The molecule has 2 aromatic carbocycles. The topological polar surface area (TPSA) is 66.1 Å². The molecule has 0 saturated heterocycles. The average molecular weight is 339 g/mol. The number of nitrogens with one attached hydrogen (secondary N) is 3. The van der Waals surface area contributed by atoms with Crippen molar-refractivity contribution in [2.24, 2.45) is 0 Å². The molecule has 0 aliphatic carbocycles. The van der Waals surface area contributed by atoms with Gasteiger partial charge in [0, 0.05) is 16.4 Å². The number of benzene rings is 2. The highest BCUT2D eigenvalue weighted by Gasteiger charge is 2.03. The summed E-state index contributed by atoms with van der Waals surface area (Å²) in [6.45, 7) is 0. The predicted octanol–water partition coefficient (Wildman–Crippen LogP) is 5.12. The number of pyridine rings is 1. The molecule has 120 valence electrons. The highest BCUT2D eigenvalue weighted by atomic mass is 35.5. The maximum Gasteiger partial charge on any atom is 0.323 e. The Hall–Kier alpha value is -3.05. The highest BCUT2D eigenvalue weighted by Crippen LogP contribution is 2.19. The smallest absolute Gasteiger partial charge is 0.323 e. The van der Waals surface area contributed by atoms with Crippen molar-refractivity contribution in [2.45, 2.75) is 0 Å². The fraction of sp³-hybridized carbons (Fsp3) is 0. The third kappa shape index (κ3) is 4.47. The molecule has 1 aromatic heterocycles. The van der Waals surface area contributed by atoms with Crippen LogP contribution in [0.1, 0.15) is 0 Å². The number of para-hydroxylation sites is 1. The summed E-state index contributed by atoms with van der Waals surface area (Å²) in [7, 11) is 0. The standard InChI is InChI=1S/C18H15ClN4O/c19-13-5-4-8-15(11-13)21-17-10-9-16(12-20-17)23-18(24)22-14-6-2-1-3-7-14/h1-12H,(H,20,21)(H2,22,23,24). The van der Waals surface area contributed by atoms with Gasteiger partial charge >= 0.3 is 6.03 Å². The van der Waals surface area contributed by atoms with Crippen molar-refractivity contribution < 1.29 is 4.79 Å². The van der Waals surface area contributed by atoms with Gasteiger partial charge in [-0.05, 0) is 42.5 Å². The summed E-state index contributed by atoms with van der Waals surface area (Å²) in [5.74, 6) is 0.659. The Morgan fingerprint density at radius 3 is 2.29 bits per heavy atom. The molecule has 5 nitrogen and oxygen atoms in total. The summed E-state index contributed by atoms with van der Waals surface area (Å²) in [5.41, 5.74) is 2.17. The molecule has 0 aliphatic heterocycles. The molecule has 6 heteroatoms. The van der Waals surface area contributed by atoms with Crippen LogP contribution in [-0.4, -0.2) is 11.0 Å². The predicted molar refractivity (Wildman–Crippen MR) is 98.1 cm³/mol. The second kappa shape index (κ2) is 7.48.